The van der Waals surface area contributed by atoms with Gasteiger partial charge in [0.05, 0.1) is 5.56 Å². The van der Waals surface area contributed by atoms with Crippen molar-refractivity contribution in [3.63, 3.8) is 0 Å². The quantitative estimate of drug-likeness (QED) is 0.843. The van der Waals surface area contributed by atoms with Crippen LogP contribution in [0.4, 0.5) is 13.2 Å². The molecule has 0 atom stereocenters. The molecule has 0 saturated carbocycles. The van der Waals surface area contributed by atoms with Crippen LogP contribution in [0.1, 0.15) is 15.9 Å². The molecule has 1 amide bonds. The zero-order valence-corrected chi connectivity index (χ0v) is 11.8. The van der Waals surface area contributed by atoms with Crippen LogP contribution in [-0.2, 0) is 6.54 Å². The molecule has 0 saturated heterocycles. The molecule has 0 unspecified atom stereocenters. The summed E-state index contributed by atoms with van der Waals surface area (Å²) in [6, 6.07) is 11.5. The number of carbonyl (C=O) groups is 1. The van der Waals surface area contributed by atoms with E-state index in [4.69, 9.17) is 0 Å². The number of nitrogens with zero attached hydrogens (tertiary/aromatic N) is 1. The van der Waals surface area contributed by atoms with Gasteiger partial charge in [0.15, 0.2) is 0 Å². The van der Waals surface area contributed by atoms with Crippen molar-refractivity contribution in [3.8, 4) is 5.75 Å². The maximum Gasteiger partial charge on any atom is 0.387 e. The highest BCUT2D eigenvalue weighted by Crippen LogP contribution is 2.22. The van der Waals surface area contributed by atoms with Crippen molar-refractivity contribution >= 4 is 5.91 Å². The third-order valence-electron chi connectivity index (χ3n) is 3.01. The van der Waals surface area contributed by atoms with E-state index >= 15 is 0 Å². The third kappa shape index (κ3) is 4.00. The summed E-state index contributed by atoms with van der Waals surface area (Å²) in [5, 5.41) is 0. The molecule has 116 valence electrons. The maximum atomic E-state index is 12.9. The molecular weight excluding hydrogens is 295 g/mol. The number of benzene rings is 2. The van der Waals surface area contributed by atoms with Gasteiger partial charge in [-0.3, -0.25) is 4.79 Å². The molecule has 0 spiro atoms. The van der Waals surface area contributed by atoms with Gasteiger partial charge < -0.3 is 9.64 Å². The summed E-state index contributed by atoms with van der Waals surface area (Å²) in [6.45, 7) is -2.78. The fraction of sp³-hybridized carbons (Fsp3) is 0.188. The second kappa shape index (κ2) is 6.98. The fourth-order valence-electron chi connectivity index (χ4n) is 1.98. The Morgan fingerprint density at radius 1 is 1.14 bits per heavy atom. The lowest BCUT2D eigenvalue weighted by Gasteiger charge is -2.19. The van der Waals surface area contributed by atoms with Gasteiger partial charge in [-0.05, 0) is 29.8 Å². The number of carbonyl (C=O) groups excluding carboxylic acids is 1. The second-order valence-corrected chi connectivity index (χ2v) is 4.66. The zero-order chi connectivity index (χ0) is 16.1. The molecule has 0 bridgehead atoms. The van der Waals surface area contributed by atoms with Crippen LogP contribution in [0.2, 0.25) is 0 Å². The van der Waals surface area contributed by atoms with E-state index in [0.29, 0.717) is 0 Å². The van der Waals surface area contributed by atoms with Gasteiger partial charge in [-0.15, -0.1) is 0 Å². The monoisotopic (exact) mass is 309 g/mol. The Morgan fingerprint density at radius 2 is 1.77 bits per heavy atom. The summed E-state index contributed by atoms with van der Waals surface area (Å²) < 4.78 is 41.9. The van der Waals surface area contributed by atoms with Gasteiger partial charge in [-0.2, -0.15) is 8.78 Å². The van der Waals surface area contributed by atoms with Crippen molar-refractivity contribution in [2.75, 3.05) is 7.05 Å². The van der Waals surface area contributed by atoms with Crippen molar-refractivity contribution in [3.05, 3.63) is 65.5 Å². The molecular formula is C16H14F3NO2. The molecule has 0 aromatic heterocycles. The van der Waals surface area contributed by atoms with E-state index in [-0.39, 0.29) is 23.7 Å². The normalized spacial score (nSPS) is 10.6. The van der Waals surface area contributed by atoms with Crippen LogP contribution in [0, 0.1) is 5.82 Å². The first-order chi connectivity index (χ1) is 10.5. The van der Waals surface area contributed by atoms with Gasteiger partial charge in [-0.25, -0.2) is 4.39 Å². The second-order valence-electron chi connectivity index (χ2n) is 4.66. The van der Waals surface area contributed by atoms with Crippen LogP contribution in [-0.4, -0.2) is 24.5 Å². The first-order valence-corrected chi connectivity index (χ1v) is 6.51. The minimum atomic E-state index is -3.00. The number of para-hydroxylation sites is 1. The van der Waals surface area contributed by atoms with Gasteiger partial charge in [-0.1, -0.05) is 24.3 Å². The van der Waals surface area contributed by atoms with E-state index < -0.39 is 12.5 Å². The number of amides is 1. The van der Waals surface area contributed by atoms with E-state index in [9.17, 15) is 18.0 Å². The van der Waals surface area contributed by atoms with Gasteiger partial charge in [0, 0.05) is 13.6 Å². The van der Waals surface area contributed by atoms with Crippen molar-refractivity contribution in [2.45, 2.75) is 13.2 Å². The van der Waals surface area contributed by atoms with Crippen molar-refractivity contribution < 1.29 is 22.7 Å². The number of hydrogen-bond acceptors (Lipinski definition) is 2. The Labute approximate surface area is 125 Å². The summed E-state index contributed by atoms with van der Waals surface area (Å²) in [5.41, 5.74) is 0.775. The lowest BCUT2D eigenvalue weighted by Crippen LogP contribution is -2.27. The SMILES string of the molecule is CN(Cc1ccc(F)cc1)C(=O)c1ccccc1OC(F)F. The smallest absolute Gasteiger partial charge is 0.387 e. The highest BCUT2D eigenvalue weighted by Gasteiger charge is 2.18. The van der Waals surface area contributed by atoms with Crippen LogP contribution in [0.15, 0.2) is 48.5 Å². The fourth-order valence-corrected chi connectivity index (χ4v) is 1.98. The number of hydrogen-bond donors (Lipinski definition) is 0. The van der Waals surface area contributed by atoms with Crippen molar-refractivity contribution in [1.82, 2.24) is 4.90 Å². The molecule has 0 fully saturated rings. The molecule has 0 aliphatic carbocycles. The standard InChI is InChI=1S/C16H14F3NO2/c1-20(10-11-6-8-12(17)9-7-11)15(21)13-4-2-3-5-14(13)22-16(18)19/h2-9,16H,10H2,1H3. The molecule has 6 heteroatoms. The van der Waals surface area contributed by atoms with Crippen LogP contribution in [0.5, 0.6) is 5.75 Å². The summed E-state index contributed by atoms with van der Waals surface area (Å²) >= 11 is 0. The lowest BCUT2D eigenvalue weighted by atomic mass is 10.1. The number of alkyl halides is 2. The van der Waals surface area contributed by atoms with E-state index in [0.717, 1.165) is 5.56 Å². The Balaban J connectivity index is 2.15. The van der Waals surface area contributed by atoms with Crippen LogP contribution < -0.4 is 4.74 Å². The Hall–Kier alpha value is -2.50. The summed E-state index contributed by atoms with van der Waals surface area (Å²) in [6.07, 6.45) is 0. The number of halogens is 3. The minimum Gasteiger partial charge on any atom is -0.434 e. The third-order valence-corrected chi connectivity index (χ3v) is 3.01. The van der Waals surface area contributed by atoms with Crippen molar-refractivity contribution in [2.24, 2.45) is 0 Å². The predicted octanol–water partition coefficient (Wildman–Crippen LogP) is 3.70. The van der Waals surface area contributed by atoms with Gasteiger partial charge in [0.1, 0.15) is 11.6 Å². The van der Waals surface area contributed by atoms with Crippen LogP contribution in [0.3, 0.4) is 0 Å². The Morgan fingerprint density at radius 3 is 2.41 bits per heavy atom. The number of ether oxygens (including phenoxy) is 1. The molecule has 0 aliphatic heterocycles. The molecule has 0 heterocycles. The largest absolute Gasteiger partial charge is 0.434 e. The molecule has 0 N–H and O–H groups in total. The minimum absolute atomic E-state index is 0.0485. The molecule has 0 aliphatic rings. The van der Waals surface area contributed by atoms with Crippen LogP contribution >= 0.6 is 0 Å². The van der Waals surface area contributed by atoms with Gasteiger partial charge >= 0.3 is 6.61 Å². The first-order valence-electron chi connectivity index (χ1n) is 6.51. The van der Waals surface area contributed by atoms with Gasteiger partial charge in [0.2, 0.25) is 0 Å². The molecule has 0 radical (unpaired) electrons. The van der Waals surface area contributed by atoms with E-state index in [1.807, 2.05) is 0 Å². The highest BCUT2D eigenvalue weighted by molar-refractivity contribution is 5.96. The molecule has 22 heavy (non-hydrogen) atoms. The Kier molecular flexibility index (Phi) is 5.04. The average molecular weight is 309 g/mol. The molecule has 2 rings (SSSR count). The number of rotatable bonds is 5. The first kappa shape index (κ1) is 15.9. The summed E-state index contributed by atoms with van der Waals surface area (Å²) in [7, 11) is 1.53. The van der Waals surface area contributed by atoms with Gasteiger partial charge in [0.25, 0.3) is 5.91 Å². The topological polar surface area (TPSA) is 29.5 Å². The molecule has 3 nitrogen and oxygen atoms in total. The zero-order valence-electron chi connectivity index (χ0n) is 11.8. The lowest BCUT2D eigenvalue weighted by molar-refractivity contribution is -0.0502. The average Bonchev–Trinajstić information content (AvgIpc) is 2.49. The van der Waals surface area contributed by atoms with E-state index in [1.54, 1.807) is 18.2 Å². The summed E-state index contributed by atoms with van der Waals surface area (Å²) in [4.78, 5) is 13.7. The maximum absolute atomic E-state index is 12.9. The molecule has 2 aromatic rings. The van der Waals surface area contributed by atoms with E-state index in [1.165, 1.54) is 42.3 Å². The van der Waals surface area contributed by atoms with Crippen molar-refractivity contribution in [1.29, 1.82) is 0 Å². The Bertz CT molecular complexity index is 644. The molecule has 2 aromatic carbocycles. The summed E-state index contributed by atoms with van der Waals surface area (Å²) in [5.74, 6) is -0.998. The highest BCUT2D eigenvalue weighted by atomic mass is 19.3. The van der Waals surface area contributed by atoms with Crippen LogP contribution in [0.25, 0.3) is 0 Å². The predicted molar refractivity (Wildman–Crippen MR) is 75.3 cm³/mol. The van der Waals surface area contributed by atoms with E-state index in [2.05, 4.69) is 4.74 Å².